The molecule has 3 rings (SSSR count). The number of nitrogens with one attached hydrogen (secondary N) is 2. The fraction of sp³-hybridized carbons (Fsp3) is 0.167. The summed E-state index contributed by atoms with van der Waals surface area (Å²) in [5.41, 5.74) is 7.25. The lowest BCUT2D eigenvalue weighted by atomic mass is 10.1. The molecule has 0 unspecified atom stereocenters. The third-order valence-corrected chi connectivity index (χ3v) is 4.82. The van der Waals surface area contributed by atoms with Crippen molar-refractivity contribution in [3.8, 4) is 22.6 Å². The van der Waals surface area contributed by atoms with E-state index in [-0.39, 0.29) is 12.7 Å². The van der Waals surface area contributed by atoms with E-state index >= 15 is 0 Å². The molecule has 3 aromatic rings. The Morgan fingerprint density at radius 2 is 1.58 bits per heavy atom. The summed E-state index contributed by atoms with van der Waals surface area (Å²) in [4.78, 5) is 24.3. The lowest BCUT2D eigenvalue weighted by molar-refractivity contribution is -0.123. The van der Waals surface area contributed by atoms with Crippen LogP contribution in [-0.2, 0) is 4.79 Å². The number of hydrogen-bond acceptors (Lipinski definition) is 4. The minimum absolute atomic E-state index is 0.0183. The number of carbonyl (C=O) groups excluding carboxylic acids is 2. The summed E-state index contributed by atoms with van der Waals surface area (Å²) in [6, 6.07) is 22.4. The molecule has 0 aliphatic carbocycles. The van der Waals surface area contributed by atoms with Gasteiger partial charge in [0.1, 0.15) is 11.5 Å². The fourth-order valence-electron chi connectivity index (χ4n) is 2.75. The topological polar surface area (TPSA) is 76.7 Å². The van der Waals surface area contributed by atoms with Gasteiger partial charge in [-0.3, -0.25) is 20.4 Å². The molecule has 3 aromatic carbocycles. The monoisotopic (exact) mass is 482 g/mol. The highest BCUT2D eigenvalue weighted by atomic mass is 79.9. The molecule has 31 heavy (non-hydrogen) atoms. The van der Waals surface area contributed by atoms with E-state index in [2.05, 4.69) is 26.8 Å². The average molecular weight is 483 g/mol. The summed E-state index contributed by atoms with van der Waals surface area (Å²) < 4.78 is 11.8. The molecule has 0 saturated carbocycles. The number of carbonyl (C=O) groups is 2. The molecule has 7 heteroatoms. The van der Waals surface area contributed by atoms with Gasteiger partial charge in [0.05, 0.1) is 10.6 Å². The Labute approximate surface area is 189 Å². The van der Waals surface area contributed by atoms with Crippen LogP contribution in [0.25, 0.3) is 11.1 Å². The smallest absolute Gasteiger partial charge is 0.276 e. The molecule has 0 aromatic heterocycles. The predicted octanol–water partition coefficient (Wildman–Crippen LogP) is 4.74. The summed E-state index contributed by atoms with van der Waals surface area (Å²) in [7, 11) is 0. The van der Waals surface area contributed by atoms with Crippen molar-refractivity contribution in [2.24, 2.45) is 0 Å². The van der Waals surface area contributed by atoms with Crippen LogP contribution in [0, 0.1) is 0 Å². The maximum absolute atomic E-state index is 12.3. The van der Waals surface area contributed by atoms with Gasteiger partial charge in [0.25, 0.3) is 11.8 Å². The summed E-state index contributed by atoms with van der Waals surface area (Å²) in [5.74, 6) is 0.282. The first kappa shape index (κ1) is 22.4. The van der Waals surface area contributed by atoms with Crippen molar-refractivity contribution < 1.29 is 19.1 Å². The first-order valence-electron chi connectivity index (χ1n) is 9.76. The second-order valence-corrected chi connectivity index (χ2v) is 7.85. The Bertz CT molecular complexity index is 1040. The highest BCUT2D eigenvalue weighted by Crippen LogP contribution is 2.27. The zero-order valence-corrected chi connectivity index (χ0v) is 18.8. The highest BCUT2D eigenvalue weighted by molar-refractivity contribution is 9.10. The first-order valence-corrected chi connectivity index (χ1v) is 10.6. The minimum atomic E-state index is -0.473. The van der Waals surface area contributed by atoms with E-state index in [1.165, 1.54) is 0 Å². The molecule has 2 N–H and O–H groups in total. The van der Waals surface area contributed by atoms with Crippen LogP contribution in [0.2, 0.25) is 0 Å². The number of benzene rings is 3. The van der Waals surface area contributed by atoms with Gasteiger partial charge in [-0.25, -0.2) is 0 Å². The van der Waals surface area contributed by atoms with Crippen molar-refractivity contribution in [3.63, 3.8) is 0 Å². The Hall–Kier alpha value is -3.32. The van der Waals surface area contributed by atoms with Crippen LogP contribution in [0.1, 0.15) is 24.2 Å². The Morgan fingerprint density at radius 3 is 2.23 bits per heavy atom. The number of halogens is 1. The lowest BCUT2D eigenvalue weighted by Gasteiger charge is -2.13. The summed E-state index contributed by atoms with van der Waals surface area (Å²) in [6.45, 7) is 3.61. The average Bonchev–Trinajstić information content (AvgIpc) is 2.78. The van der Waals surface area contributed by atoms with Crippen LogP contribution in [-0.4, -0.2) is 24.5 Å². The van der Waals surface area contributed by atoms with E-state index in [1.807, 2.05) is 56.3 Å². The molecule has 0 spiro atoms. The third kappa shape index (κ3) is 6.58. The minimum Gasteiger partial charge on any atom is -0.490 e. The van der Waals surface area contributed by atoms with Crippen LogP contribution in [0.5, 0.6) is 11.5 Å². The second-order valence-electron chi connectivity index (χ2n) is 6.99. The standard InChI is InChI=1S/C24H23BrN2O4/c1-16(2)31-22-13-10-19(14-21(22)25)24(29)27-26-23(28)15-30-20-11-8-18(9-12-20)17-6-4-3-5-7-17/h3-14,16H,15H2,1-2H3,(H,26,28)(H,27,29). The quantitative estimate of drug-likeness (QED) is 0.476. The van der Waals surface area contributed by atoms with Crippen molar-refractivity contribution >= 4 is 27.7 Å². The number of ether oxygens (including phenoxy) is 2. The molecule has 0 heterocycles. The third-order valence-electron chi connectivity index (χ3n) is 4.20. The van der Waals surface area contributed by atoms with E-state index < -0.39 is 11.8 Å². The van der Waals surface area contributed by atoms with E-state index in [1.54, 1.807) is 30.3 Å². The van der Waals surface area contributed by atoms with Crippen LogP contribution in [0.3, 0.4) is 0 Å². The van der Waals surface area contributed by atoms with Gasteiger partial charge in [-0.1, -0.05) is 42.5 Å². The van der Waals surface area contributed by atoms with Gasteiger partial charge in [-0.05, 0) is 71.2 Å². The number of hydrazine groups is 1. The second kappa shape index (κ2) is 10.6. The van der Waals surface area contributed by atoms with Crippen molar-refractivity contribution in [1.29, 1.82) is 0 Å². The highest BCUT2D eigenvalue weighted by Gasteiger charge is 2.11. The Morgan fingerprint density at radius 1 is 0.903 bits per heavy atom. The zero-order valence-electron chi connectivity index (χ0n) is 17.2. The van der Waals surface area contributed by atoms with Gasteiger partial charge >= 0.3 is 0 Å². The maximum atomic E-state index is 12.3. The van der Waals surface area contributed by atoms with Gasteiger partial charge < -0.3 is 9.47 Å². The van der Waals surface area contributed by atoms with Crippen molar-refractivity contribution in [3.05, 3.63) is 82.8 Å². The van der Waals surface area contributed by atoms with Crippen LogP contribution < -0.4 is 20.3 Å². The van der Waals surface area contributed by atoms with Crippen LogP contribution >= 0.6 is 15.9 Å². The predicted molar refractivity (Wildman–Crippen MR) is 123 cm³/mol. The molecular formula is C24H23BrN2O4. The summed E-state index contributed by atoms with van der Waals surface area (Å²) in [5, 5.41) is 0. The number of rotatable bonds is 7. The van der Waals surface area contributed by atoms with Crippen molar-refractivity contribution in [2.75, 3.05) is 6.61 Å². The first-order chi connectivity index (χ1) is 14.9. The molecule has 0 atom stereocenters. The maximum Gasteiger partial charge on any atom is 0.276 e. The van der Waals surface area contributed by atoms with Crippen LogP contribution in [0.15, 0.2) is 77.3 Å². The van der Waals surface area contributed by atoms with Gasteiger partial charge in [-0.2, -0.15) is 0 Å². The lowest BCUT2D eigenvalue weighted by Crippen LogP contribution is -2.43. The summed E-state index contributed by atoms with van der Waals surface area (Å²) in [6.07, 6.45) is 0.0183. The Balaban J connectivity index is 1.47. The molecule has 0 aliphatic heterocycles. The number of amides is 2. The van der Waals surface area contributed by atoms with Gasteiger partial charge in [0, 0.05) is 5.56 Å². The molecule has 0 fully saturated rings. The van der Waals surface area contributed by atoms with E-state index in [4.69, 9.17) is 9.47 Å². The summed E-state index contributed by atoms with van der Waals surface area (Å²) >= 11 is 3.38. The van der Waals surface area contributed by atoms with Crippen molar-refractivity contribution in [2.45, 2.75) is 20.0 Å². The number of hydrogen-bond donors (Lipinski definition) is 2. The normalized spacial score (nSPS) is 10.5. The molecule has 0 radical (unpaired) electrons. The molecule has 0 saturated heterocycles. The zero-order chi connectivity index (χ0) is 22.2. The van der Waals surface area contributed by atoms with Gasteiger partial charge in [0.2, 0.25) is 0 Å². The molecule has 0 aliphatic rings. The van der Waals surface area contributed by atoms with Crippen LogP contribution in [0.4, 0.5) is 0 Å². The van der Waals surface area contributed by atoms with Crippen molar-refractivity contribution in [1.82, 2.24) is 10.9 Å². The fourth-order valence-corrected chi connectivity index (χ4v) is 3.22. The molecule has 6 nitrogen and oxygen atoms in total. The van der Waals surface area contributed by atoms with Gasteiger partial charge in [0.15, 0.2) is 6.61 Å². The molecule has 2 amide bonds. The largest absolute Gasteiger partial charge is 0.490 e. The van der Waals surface area contributed by atoms with E-state index in [9.17, 15) is 9.59 Å². The Kier molecular flexibility index (Phi) is 7.67. The van der Waals surface area contributed by atoms with E-state index in [0.717, 1.165) is 11.1 Å². The molecule has 0 bridgehead atoms. The molecule has 160 valence electrons. The van der Waals surface area contributed by atoms with Gasteiger partial charge in [-0.15, -0.1) is 0 Å². The van der Waals surface area contributed by atoms with E-state index in [0.29, 0.717) is 21.5 Å². The SMILES string of the molecule is CC(C)Oc1ccc(C(=O)NNC(=O)COc2ccc(-c3ccccc3)cc2)cc1Br. The molecular weight excluding hydrogens is 460 g/mol.